The number of aromatic nitrogens is 1. The average molecular weight is 646 g/mol. The quantitative estimate of drug-likeness (QED) is 0.164. The normalized spacial score (nSPS) is 11.8. The van der Waals surface area contributed by atoms with Gasteiger partial charge in [0.15, 0.2) is 5.76 Å². The zero-order chi connectivity index (χ0) is 31.9. The summed E-state index contributed by atoms with van der Waals surface area (Å²) in [6.07, 6.45) is -4.82. The second-order valence-corrected chi connectivity index (χ2v) is 11.6. The van der Waals surface area contributed by atoms with Crippen LogP contribution in [0.25, 0.3) is 21.3 Å². The molecule has 0 aliphatic heterocycles. The minimum Gasteiger partial charge on any atom is -0.485 e. The topological polar surface area (TPSA) is 107 Å². The molecule has 2 amide bonds. The van der Waals surface area contributed by atoms with E-state index in [1.54, 1.807) is 0 Å². The van der Waals surface area contributed by atoms with Crippen molar-refractivity contribution in [2.75, 3.05) is 5.32 Å². The summed E-state index contributed by atoms with van der Waals surface area (Å²) in [6, 6.07) is 12.1. The lowest BCUT2D eigenvalue weighted by atomic mass is 10.0. The summed E-state index contributed by atoms with van der Waals surface area (Å²) in [7, 11) is 0. The molecule has 0 saturated carbocycles. The lowest BCUT2D eigenvalue weighted by Gasteiger charge is -2.15. The zero-order valence-electron chi connectivity index (χ0n) is 23.4. The molecule has 0 fully saturated rings. The van der Waals surface area contributed by atoms with E-state index in [2.05, 4.69) is 10.3 Å². The van der Waals surface area contributed by atoms with Crippen LogP contribution >= 0.6 is 22.9 Å². The fourth-order valence-corrected chi connectivity index (χ4v) is 5.72. The van der Waals surface area contributed by atoms with Crippen LogP contribution in [0, 0.1) is 12.7 Å². The summed E-state index contributed by atoms with van der Waals surface area (Å²) in [4.78, 5) is 28.9. The summed E-state index contributed by atoms with van der Waals surface area (Å²) in [5, 5.41) is 3.21. The standard InChI is InChI=1S/C31H24ClF4N3O4S/c1-14(2)19-11-21(32)15(3)10-23(19)42-13-18-8-9-22(43-18)29(41)39-26-25-20(16-4-6-17(33)7-5-16)12-24(31(34,35)36)38-30(25)44-27(26)28(37)40/h4-12,14H,13H2,1-3H3,(H2,37,40)(H,39,41). The van der Waals surface area contributed by atoms with E-state index in [1.165, 1.54) is 24.3 Å². The van der Waals surface area contributed by atoms with Crippen molar-refractivity contribution in [3.05, 3.63) is 98.7 Å². The van der Waals surface area contributed by atoms with Crippen LogP contribution in [0.2, 0.25) is 5.02 Å². The summed E-state index contributed by atoms with van der Waals surface area (Å²) in [6.45, 7) is 5.84. The number of hydrogen-bond donors (Lipinski definition) is 2. The molecule has 3 N–H and O–H groups in total. The predicted molar refractivity (Wildman–Crippen MR) is 160 cm³/mol. The van der Waals surface area contributed by atoms with Crippen LogP contribution in [0.5, 0.6) is 5.75 Å². The van der Waals surface area contributed by atoms with E-state index in [1.807, 2.05) is 32.9 Å². The summed E-state index contributed by atoms with van der Waals surface area (Å²) >= 11 is 6.87. The number of amides is 2. The number of furan rings is 1. The minimum absolute atomic E-state index is 0.0131. The van der Waals surface area contributed by atoms with E-state index >= 15 is 0 Å². The number of thiophene rings is 1. The SMILES string of the molecule is Cc1cc(OCc2ccc(C(=O)Nc3c(C(N)=O)sc4nc(C(F)(F)F)cc(-c5ccc(F)cc5)c34)o2)c(C(C)C)cc1Cl. The Kier molecular flexibility index (Phi) is 8.41. The molecule has 5 aromatic rings. The highest BCUT2D eigenvalue weighted by Crippen LogP contribution is 2.44. The van der Waals surface area contributed by atoms with E-state index in [9.17, 15) is 27.2 Å². The number of primary amides is 1. The molecule has 0 spiro atoms. The van der Waals surface area contributed by atoms with Crippen LogP contribution in [0.1, 0.15) is 62.6 Å². The third-order valence-corrected chi connectivity index (χ3v) is 8.24. The smallest absolute Gasteiger partial charge is 0.433 e. The number of aryl methyl sites for hydroxylation is 1. The number of carbonyl (C=O) groups excluding carboxylic acids is 2. The Morgan fingerprint density at radius 2 is 1.82 bits per heavy atom. The molecule has 7 nitrogen and oxygen atoms in total. The highest BCUT2D eigenvalue weighted by molar-refractivity contribution is 7.21. The number of nitrogens with two attached hydrogens (primary N) is 1. The molecule has 0 radical (unpaired) electrons. The number of anilines is 1. The van der Waals surface area contributed by atoms with Gasteiger partial charge in [-0.3, -0.25) is 9.59 Å². The van der Waals surface area contributed by atoms with Crippen LogP contribution in [0.15, 0.2) is 59.0 Å². The Balaban J connectivity index is 1.49. The number of rotatable bonds is 8. The Morgan fingerprint density at radius 1 is 1.11 bits per heavy atom. The number of halogens is 5. The molecule has 228 valence electrons. The first-order chi connectivity index (χ1) is 20.7. The fraction of sp³-hybridized carbons (Fsp3) is 0.194. The third-order valence-electron chi connectivity index (χ3n) is 6.74. The zero-order valence-corrected chi connectivity index (χ0v) is 25.0. The summed E-state index contributed by atoms with van der Waals surface area (Å²) < 4.78 is 66.5. The number of alkyl halides is 3. The molecule has 3 heterocycles. The van der Waals surface area contributed by atoms with Gasteiger partial charge in [0.1, 0.15) is 39.3 Å². The maximum Gasteiger partial charge on any atom is 0.433 e. The van der Waals surface area contributed by atoms with Gasteiger partial charge in [-0.1, -0.05) is 37.6 Å². The first-order valence-electron chi connectivity index (χ1n) is 13.2. The van der Waals surface area contributed by atoms with Crippen molar-refractivity contribution in [3.8, 4) is 16.9 Å². The van der Waals surface area contributed by atoms with Gasteiger partial charge in [-0.05, 0) is 77.6 Å². The summed E-state index contributed by atoms with van der Waals surface area (Å²) in [5.74, 6) is -1.50. The highest BCUT2D eigenvalue weighted by atomic mass is 35.5. The number of ether oxygens (including phenoxy) is 1. The Bertz CT molecular complexity index is 1900. The first-order valence-corrected chi connectivity index (χ1v) is 14.4. The van der Waals surface area contributed by atoms with Gasteiger partial charge < -0.3 is 20.2 Å². The molecule has 13 heteroatoms. The lowest BCUT2D eigenvalue weighted by Crippen LogP contribution is -2.16. The number of nitrogens with one attached hydrogen (secondary N) is 1. The Hall–Kier alpha value is -4.42. The molecule has 2 aromatic carbocycles. The molecule has 0 aliphatic carbocycles. The van der Waals surface area contributed by atoms with Gasteiger partial charge in [-0.25, -0.2) is 9.37 Å². The van der Waals surface area contributed by atoms with Gasteiger partial charge in [0.2, 0.25) is 0 Å². The van der Waals surface area contributed by atoms with E-state index in [4.69, 9.17) is 26.5 Å². The van der Waals surface area contributed by atoms with Gasteiger partial charge in [-0.15, -0.1) is 11.3 Å². The monoisotopic (exact) mass is 645 g/mol. The van der Waals surface area contributed by atoms with Crippen molar-refractivity contribution in [3.63, 3.8) is 0 Å². The number of benzene rings is 2. The van der Waals surface area contributed by atoms with Crippen LogP contribution in [-0.2, 0) is 12.8 Å². The number of carbonyl (C=O) groups is 2. The third kappa shape index (κ3) is 6.27. The van der Waals surface area contributed by atoms with Crippen molar-refractivity contribution in [1.29, 1.82) is 0 Å². The van der Waals surface area contributed by atoms with Crippen LogP contribution < -0.4 is 15.8 Å². The Morgan fingerprint density at radius 3 is 2.45 bits per heavy atom. The molecular weight excluding hydrogens is 622 g/mol. The number of fused-ring (bicyclic) bond motifs is 1. The lowest BCUT2D eigenvalue weighted by molar-refractivity contribution is -0.140. The van der Waals surface area contributed by atoms with E-state index < -0.39 is 29.5 Å². The molecule has 3 aromatic heterocycles. The van der Waals surface area contributed by atoms with Crippen molar-refractivity contribution < 1.29 is 36.3 Å². The van der Waals surface area contributed by atoms with E-state index in [0.29, 0.717) is 27.9 Å². The number of pyridine rings is 1. The average Bonchev–Trinajstić information content (AvgIpc) is 3.58. The van der Waals surface area contributed by atoms with Crippen molar-refractivity contribution in [1.82, 2.24) is 4.98 Å². The minimum atomic E-state index is -4.82. The van der Waals surface area contributed by atoms with Gasteiger partial charge in [-0.2, -0.15) is 13.2 Å². The maximum absolute atomic E-state index is 13.7. The highest BCUT2D eigenvalue weighted by Gasteiger charge is 2.35. The maximum atomic E-state index is 13.7. The van der Waals surface area contributed by atoms with Crippen molar-refractivity contribution >= 4 is 50.7 Å². The van der Waals surface area contributed by atoms with Gasteiger partial charge >= 0.3 is 6.18 Å². The van der Waals surface area contributed by atoms with Crippen molar-refractivity contribution in [2.24, 2.45) is 5.73 Å². The number of hydrogen-bond acceptors (Lipinski definition) is 6. The molecule has 0 bridgehead atoms. The molecule has 0 saturated heterocycles. The second-order valence-electron chi connectivity index (χ2n) is 10.2. The van der Waals surface area contributed by atoms with Gasteiger partial charge in [0, 0.05) is 10.4 Å². The van der Waals surface area contributed by atoms with E-state index in [0.717, 1.165) is 29.3 Å². The Labute approximate surface area is 257 Å². The molecule has 5 rings (SSSR count). The molecular formula is C31H24ClF4N3O4S. The molecule has 44 heavy (non-hydrogen) atoms. The van der Waals surface area contributed by atoms with Gasteiger partial charge in [0.25, 0.3) is 11.8 Å². The molecule has 0 aliphatic rings. The second kappa shape index (κ2) is 11.9. The number of nitrogens with zero attached hydrogens (tertiary/aromatic N) is 1. The first kappa shape index (κ1) is 31.0. The predicted octanol–water partition coefficient (Wildman–Crippen LogP) is 8.73. The van der Waals surface area contributed by atoms with Crippen LogP contribution in [0.3, 0.4) is 0 Å². The van der Waals surface area contributed by atoms with Gasteiger partial charge in [0.05, 0.1) is 5.69 Å². The summed E-state index contributed by atoms with van der Waals surface area (Å²) in [5.41, 5.74) is 6.07. The van der Waals surface area contributed by atoms with Crippen molar-refractivity contribution in [2.45, 2.75) is 39.5 Å². The van der Waals surface area contributed by atoms with Crippen LogP contribution in [-0.4, -0.2) is 16.8 Å². The fourth-order valence-electron chi connectivity index (χ4n) is 4.54. The largest absolute Gasteiger partial charge is 0.485 e. The van der Waals surface area contributed by atoms with E-state index in [-0.39, 0.29) is 50.2 Å². The molecule has 0 atom stereocenters. The van der Waals surface area contributed by atoms with Crippen LogP contribution in [0.4, 0.5) is 23.2 Å². The molecule has 0 unspecified atom stereocenters.